The minimum atomic E-state index is -0.464. The number of hydrogen-bond acceptors (Lipinski definition) is 5. The monoisotopic (exact) mass is 407 g/mol. The second kappa shape index (κ2) is 7.93. The normalized spacial score (nSPS) is 10.9. The number of esters is 1. The number of benzene rings is 1. The summed E-state index contributed by atoms with van der Waals surface area (Å²) in [5, 5.41) is 5.34. The highest BCUT2D eigenvalue weighted by atomic mass is 35.5. The predicted octanol–water partition coefficient (Wildman–Crippen LogP) is 4.44. The van der Waals surface area contributed by atoms with Crippen molar-refractivity contribution in [2.24, 2.45) is 0 Å². The van der Waals surface area contributed by atoms with E-state index < -0.39 is 5.97 Å². The SMILES string of the molecule is COC(=O)c1cccc(Cc2c(-c3ccc(OC)cc3)nn3cc(Cl)ccc23)n1. The van der Waals surface area contributed by atoms with Gasteiger partial charge < -0.3 is 9.47 Å². The minimum absolute atomic E-state index is 0.274. The molecule has 0 aliphatic heterocycles. The van der Waals surface area contributed by atoms with Crippen molar-refractivity contribution in [1.29, 1.82) is 0 Å². The fraction of sp³-hybridized carbons (Fsp3) is 0.136. The molecular formula is C22H18ClN3O3. The second-order valence-electron chi connectivity index (χ2n) is 6.42. The minimum Gasteiger partial charge on any atom is -0.497 e. The first-order valence-electron chi connectivity index (χ1n) is 8.94. The molecular weight excluding hydrogens is 390 g/mol. The van der Waals surface area contributed by atoms with Gasteiger partial charge in [0, 0.05) is 29.4 Å². The van der Waals surface area contributed by atoms with Crippen LogP contribution in [0.1, 0.15) is 21.7 Å². The van der Waals surface area contributed by atoms with Crippen LogP contribution in [0.2, 0.25) is 5.02 Å². The van der Waals surface area contributed by atoms with Gasteiger partial charge >= 0.3 is 5.97 Å². The molecule has 0 aliphatic carbocycles. The number of pyridine rings is 2. The Morgan fingerprint density at radius 1 is 1.07 bits per heavy atom. The van der Waals surface area contributed by atoms with Gasteiger partial charge in [0.15, 0.2) is 0 Å². The topological polar surface area (TPSA) is 65.7 Å². The predicted molar refractivity (Wildman–Crippen MR) is 111 cm³/mol. The third-order valence-corrected chi connectivity index (χ3v) is 4.84. The van der Waals surface area contributed by atoms with Crippen molar-refractivity contribution in [3.05, 3.63) is 82.8 Å². The molecule has 4 aromatic rings. The van der Waals surface area contributed by atoms with Crippen LogP contribution in [0.5, 0.6) is 5.75 Å². The van der Waals surface area contributed by atoms with Gasteiger partial charge in [-0.3, -0.25) is 0 Å². The number of fused-ring (bicyclic) bond motifs is 1. The van der Waals surface area contributed by atoms with E-state index in [1.807, 2.05) is 42.5 Å². The number of aromatic nitrogens is 3. The smallest absolute Gasteiger partial charge is 0.356 e. The fourth-order valence-electron chi connectivity index (χ4n) is 3.21. The Balaban J connectivity index is 1.82. The van der Waals surface area contributed by atoms with Gasteiger partial charge in [-0.15, -0.1) is 0 Å². The van der Waals surface area contributed by atoms with E-state index in [1.165, 1.54) is 7.11 Å². The third kappa shape index (κ3) is 3.79. The number of rotatable bonds is 5. The Bertz CT molecular complexity index is 1190. The first-order chi connectivity index (χ1) is 14.1. The molecule has 4 rings (SSSR count). The lowest BCUT2D eigenvalue weighted by molar-refractivity contribution is 0.0593. The molecule has 146 valence electrons. The number of ether oxygens (including phenoxy) is 2. The lowest BCUT2D eigenvalue weighted by Crippen LogP contribution is -2.06. The molecule has 29 heavy (non-hydrogen) atoms. The van der Waals surface area contributed by atoms with Gasteiger partial charge in [0.2, 0.25) is 0 Å². The van der Waals surface area contributed by atoms with Crippen molar-refractivity contribution < 1.29 is 14.3 Å². The van der Waals surface area contributed by atoms with Crippen molar-refractivity contribution in [2.75, 3.05) is 14.2 Å². The van der Waals surface area contributed by atoms with Crippen molar-refractivity contribution in [2.45, 2.75) is 6.42 Å². The maximum Gasteiger partial charge on any atom is 0.356 e. The molecule has 0 radical (unpaired) electrons. The van der Waals surface area contributed by atoms with Gasteiger partial charge in [0.05, 0.1) is 30.5 Å². The van der Waals surface area contributed by atoms with E-state index in [4.69, 9.17) is 26.2 Å². The second-order valence-corrected chi connectivity index (χ2v) is 6.85. The number of hydrogen-bond donors (Lipinski definition) is 0. The van der Waals surface area contributed by atoms with E-state index in [0.717, 1.165) is 33.8 Å². The Labute approximate surface area is 172 Å². The largest absolute Gasteiger partial charge is 0.497 e. The van der Waals surface area contributed by atoms with Crippen molar-refractivity contribution in [3.8, 4) is 17.0 Å². The summed E-state index contributed by atoms with van der Waals surface area (Å²) >= 11 is 6.16. The highest BCUT2D eigenvalue weighted by Gasteiger charge is 2.17. The molecule has 0 amide bonds. The van der Waals surface area contributed by atoms with Crippen molar-refractivity contribution >= 4 is 23.1 Å². The van der Waals surface area contributed by atoms with E-state index in [1.54, 1.807) is 30.0 Å². The summed E-state index contributed by atoms with van der Waals surface area (Å²) in [6, 6.07) is 16.8. The molecule has 0 fully saturated rings. The van der Waals surface area contributed by atoms with Gasteiger partial charge in [-0.25, -0.2) is 14.3 Å². The summed E-state index contributed by atoms with van der Waals surface area (Å²) in [4.78, 5) is 16.3. The molecule has 3 aromatic heterocycles. The quantitative estimate of drug-likeness (QED) is 0.458. The van der Waals surface area contributed by atoms with Crippen LogP contribution in [0.4, 0.5) is 0 Å². The molecule has 0 saturated carbocycles. The number of nitrogens with zero attached hydrogens (tertiary/aromatic N) is 3. The average Bonchev–Trinajstić information content (AvgIpc) is 3.10. The van der Waals surface area contributed by atoms with E-state index in [2.05, 4.69) is 4.98 Å². The van der Waals surface area contributed by atoms with Gasteiger partial charge in [0.25, 0.3) is 0 Å². The molecule has 3 heterocycles. The van der Waals surface area contributed by atoms with Crippen LogP contribution in [-0.4, -0.2) is 34.8 Å². The molecule has 0 aliphatic rings. The zero-order valence-electron chi connectivity index (χ0n) is 15.9. The maximum absolute atomic E-state index is 11.8. The molecule has 0 spiro atoms. The average molecular weight is 408 g/mol. The van der Waals surface area contributed by atoms with Crippen LogP contribution in [0.3, 0.4) is 0 Å². The molecule has 7 heteroatoms. The van der Waals surface area contributed by atoms with Crippen molar-refractivity contribution in [3.63, 3.8) is 0 Å². The zero-order chi connectivity index (χ0) is 20.4. The Kier molecular flexibility index (Phi) is 5.18. The van der Waals surface area contributed by atoms with Crippen LogP contribution < -0.4 is 4.74 Å². The highest BCUT2D eigenvalue weighted by Crippen LogP contribution is 2.30. The third-order valence-electron chi connectivity index (χ3n) is 4.62. The lowest BCUT2D eigenvalue weighted by Gasteiger charge is -2.06. The van der Waals surface area contributed by atoms with Gasteiger partial charge in [-0.05, 0) is 48.5 Å². The number of methoxy groups -OCH3 is 2. The molecule has 0 atom stereocenters. The van der Waals surface area contributed by atoms with Crippen LogP contribution in [-0.2, 0) is 11.2 Å². The van der Waals surface area contributed by atoms with Crippen LogP contribution >= 0.6 is 11.6 Å². The van der Waals surface area contributed by atoms with Crippen LogP contribution in [0.25, 0.3) is 16.8 Å². The lowest BCUT2D eigenvalue weighted by atomic mass is 10.0. The zero-order valence-corrected chi connectivity index (χ0v) is 16.7. The van der Waals surface area contributed by atoms with Crippen LogP contribution in [0, 0.1) is 0 Å². The standard InChI is InChI=1S/C22H18ClN3O3/c1-28-17-9-6-14(7-10-17)21-18(20-11-8-15(23)13-26(20)25-21)12-16-4-3-5-19(24-16)22(27)29-2/h3-11,13H,12H2,1-2H3. The van der Waals surface area contributed by atoms with Gasteiger partial charge in [-0.1, -0.05) is 17.7 Å². The van der Waals surface area contributed by atoms with Crippen molar-refractivity contribution in [1.82, 2.24) is 14.6 Å². The highest BCUT2D eigenvalue weighted by molar-refractivity contribution is 6.30. The van der Waals surface area contributed by atoms with Gasteiger partial charge in [0.1, 0.15) is 11.4 Å². The Morgan fingerprint density at radius 2 is 1.86 bits per heavy atom. The van der Waals surface area contributed by atoms with E-state index in [0.29, 0.717) is 11.4 Å². The van der Waals surface area contributed by atoms with E-state index in [9.17, 15) is 4.79 Å². The molecule has 0 unspecified atom stereocenters. The summed E-state index contributed by atoms with van der Waals surface area (Å²) in [6.45, 7) is 0. The summed E-state index contributed by atoms with van der Waals surface area (Å²) in [5.41, 5.74) is 4.69. The molecule has 6 nitrogen and oxygen atoms in total. The summed E-state index contributed by atoms with van der Waals surface area (Å²) < 4.78 is 11.8. The molecule has 0 saturated heterocycles. The summed E-state index contributed by atoms with van der Waals surface area (Å²) in [5.74, 6) is 0.309. The van der Waals surface area contributed by atoms with E-state index in [-0.39, 0.29) is 5.69 Å². The maximum atomic E-state index is 11.8. The van der Waals surface area contributed by atoms with E-state index >= 15 is 0 Å². The number of halogens is 1. The summed E-state index contributed by atoms with van der Waals surface area (Å²) in [7, 11) is 2.97. The fourth-order valence-corrected chi connectivity index (χ4v) is 3.36. The Morgan fingerprint density at radius 3 is 2.59 bits per heavy atom. The van der Waals surface area contributed by atoms with Gasteiger partial charge in [-0.2, -0.15) is 5.10 Å². The number of carbonyl (C=O) groups excluding carboxylic acids is 1. The number of carbonyl (C=O) groups is 1. The first-order valence-corrected chi connectivity index (χ1v) is 9.32. The molecule has 0 bridgehead atoms. The molecule has 1 aromatic carbocycles. The first kappa shape index (κ1) is 19.0. The molecule has 0 N–H and O–H groups in total. The van der Waals surface area contributed by atoms with Crippen LogP contribution in [0.15, 0.2) is 60.8 Å². The Hall–Kier alpha value is -3.38. The summed E-state index contributed by atoms with van der Waals surface area (Å²) in [6.07, 6.45) is 2.27.